The van der Waals surface area contributed by atoms with Crippen molar-refractivity contribution in [3.8, 4) is 0 Å². The van der Waals surface area contributed by atoms with Crippen molar-refractivity contribution < 1.29 is 8.42 Å². The molecule has 1 atom stereocenters. The summed E-state index contributed by atoms with van der Waals surface area (Å²) >= 11 is 1.64. The van der Waals surface area contributed by atoms with Gasteiger partial charge in [0.2, 0.25) is 10.0 Å². The Morgan fingerprint density at radius 2 is 2.04 bits per heavy atom. The fraction of sp³-hybridized carbons (Fsp3) is 0.588. The van der Waals surface area contributed by atoms with Gasteiger partial charge in [-0.25, -0.2) is 13.1 Å². The molecule has 2 aromatic rings. The van der Waals surface area contributed by atoms with Crippen LogP contribution >= 0.6 is 11.3 Å². The van der Waals surface area contributed by atoms with Crippen LogP contribution in [0.5, 0.6) is 0 Å². The molecule has 0 saturated carbocycles. The van der Waals surface area contributed by atoms with E-state index in [2.05, 4.69) is 26.2 Å². The lowest BCUT2D eigenvalue weighted by atomic mass is 10.1. The predicted octanol–water partition coefficient (Wildman–Crippen LogP) is 2.87. The van der Waals surface area contributed by atoms with E-state index in [0.29, 0.717) is 22.8 Å². The summed E-state index contributed by atoms with van der Waals surface area (Å²) < 4.78 is 30.5. The minimum Gasteiger partial charge on any atom is -0.295 e. The first-order valence-electron chi connectivity index (χ1n) is 8.62. The molecule has 0 radical (unpaired) electrons. The molecule has 1 saturated heterocycles. The Morgan fingerprint density at radius 1 is 1.32 bits per heavy atom. The molecular formula is C17H26N4O2S2. The first-order chi connectivity index (χ1) is 11.8. The summed E-state index contributed by atoms with van der Waals surface area (Å²) in [6.45, 7) is 9.99. The van der Waals surface area contributed by atoms with Crippen LogP contribution in [0, 0.1) is 13.8 Å². The zero-order valence-corrected chi connectivity index (χ0v) is 16.8. The SMILES string of the molecule is Cc1nn(C(C)C)c(C)c1S(=O)(=O)NCC(c1ccsc1)N1CCC1. The number of aromatic nitrogens is 2. The smallest absolute Gasteiger partial charge is 0.244 e. The van der Waals surface area contributed by atoms with E-state index in [1.54, 1.807) is 22.9 Å². The number of nitrogens with zero attached hydrogens (tertiary/aromatic N) is 3. The predicted molar refractivity (Wildman–Crippen MR) is 101 cm³/mol. The standard InChI is InChI=1S/C17H26N4O2S2/c1-12(2)21-14(4)17(13(3)19-21)25(22,23)18-10-16(20-7-5-8-20)15-6-9-24-11-15/h6,9,11-12,16,18H,5,7-8,10H2,1-4H3. The first-order valence-corrected chi connectivity index (χ1v) is 11.1. The second-order valence-electron chi connectivity index (χ2n) is 6.85. The number of sulfonamides is 1. The maximum atomic E-state index is 12.9. The normalized spacial score (nSPS) is 17.0. The Kier molecular flexibility index (Phi) is 5.34. The van der Waals surface area contributed by atoms with Crippen LogP contribution in [0.4, 0.5) is 0 Å². The monoisotopic (exact) mass is 382 g/mol. The third-order valence-corrected chi connectivity index (χ3v) is 7.12. The van der Waals surface area contributed by atoms with Gasteiger partial charge in [-0.1, -0.05) is 0 Å². The van der Waals surface area contributed by atoms with E-state index in [1.165, 1.54) is 12.0 Å². The Balaban J connectivity index is 1.82. The van der Waals surface area contributed by atoms with Gasteiger partial charge in [-0.2, -0.15) is 16.4 Å². The molecule has 3 heterocycles. The van der Waals surface area contributed by atoms with Gasteiger partial charge < -0.3 is 0 Å². The number of aryl methyl sites for hydroxylation is 1. The lowest BCUT2D eigenvalue weighted by Crippen LogP contribution is -2.45. The van der Waals surface area contributed by atoms with Crippen molar-refractivity contribution >= 4 is 21.4 Å². The van der Waals surface area contributed by atoms with Crippen LogP contribution in [0.15, 0.2) is 21.7 Å². The maximum Gasteiger partial charge on any atom is 0.244 e. The molecule has 138 valence electrons. The molecule has 0 aromatic carbocycles. The van der Waals surface area contributed by atoms with E-state index in [0.717, 1.165) is 13.1 Å². The molecule has 25 heavy (non-hydrogen) atoms. The molecule has 6 nitrogen and oxygen atoms in total. The highest BCUT2D eigenvalue weighted by Crippen LogP contribution is 2.28. The van der Waals surface area contributed by atoms with E-state index in [-0.39, 0.29) is 12.1 Å². The quantitative estimate of drug-likeness (QED) is 0.800. The Labute approximate surface area is 153 Å². The third-order valence-electron chi connectivity index (χ3n) is 4.74. The fourth-order valence-electron chi connectivity index (χ4n) is 3.38. The fourth-order valence-corrected chi connectivity index (χ4v) is 5.52. The number of rotatable bonds is 7. The second kappa shape index (κ2) is 7.19. The summed E-state index contributed by atoms with van der Waals surface area (Å²) in [7, 11) is -3.59. The summed E-state index contributed by atoms with van der Waals surface area (Å²) in [5.41, 5.74) is 2.42. The lowest BCUT2D eigenvalue weighted by molar-refractivity contribution is 0.120. The van der Waals surface area contributed by atoms with Crippen molar-refractivity contribution in [2.45, 2.75) is 51.1 Å². The van der Waals surface area contributed by atoms with Gasteiger partial charge in [0.05, 0.1) is 11.4 Å². The summed E-state index contributed by atoms with van der Waals surface area (Å²) in [4.78, 5) is 2.64. The van der Waals surface area contributed by atoms with Gasteiger partial charge in [-0.3, -0.25) is 9.58 Å². The lowest BCUT2D eigenvalue weighted by Gasteiger charge is -2.38. The van der Waals surface area contributed by atoms with Gasteiger partial charge in [-0.05, 0) is 56.5 Å². The average molecular weight is 383 g/mol. The van der Waals surface area contributed by atoms with Crippen molar-refractivity contribution in [3.05, 3.63) is 33.8 Å². The highest BCUT2D eigenvalue weighted by Gasteiger charge is 2.30. The molecule has 1 N–H and O–H groups in total. The summed E-state index contributed by atoms with van der Waals surface area (Å²) in [6.07, 6.45) is 1.17. The minimum absolute atomic E-state index is 0.0931. The molecule has 0 amide bonds. The van der Waals surface area contributed by atoms with Crippen LogP contribution in [-0.4, -0.2) is 42.7 Å². The van der Waals surface area contributed by atoms with E-state index in [4.69, 9.17) is 0 Å². The molecule has 0 bridgehead atoms. The van der Waals surface area contributed by atoms with E-state index < -0.39 is 10.0 Å². The van der Waals surface area contributed by atoms with Gasteiger partial charge in [0.15, 0.2) is 0 Å². The average Bonchev–Trinajstić information content (AvgIpc) is 3.09. The molecule has 3 rings (SSSR count). The van der Waals surface area contributed by atoms with Crippen molar-refractivity contribution in [1.29, 1.82) is 0 Å². The maximum absolute atomic E-state index is 12.9. The van der Waals surface area contributed by atoms with E-state index in [1.807, 2.05) is 26.2 Å². The van der Waals surface area contributed by atoms with Crippen molar-refractivity contribution in [2.24, 2.45) is 0 Å². The summed E-state index contributed by atoms with van der Waals surface area (Å²) in [5, 5.41) is 8.55. The van der Waals surface area contributed by atoms with Crippen LogP contribution < -0.4 is 4.72 Å². The zero-order chi connectivity index (χ0) is 18.2. The van der Waals surface area contributed by atoms with E-state index >= 15 is 0 Å². The van der Waals surface area contributed by atoms with Gasteiger partial charge in [0.25, 0.3) is 0 Å². The molecule has 1 fully saturated rings. The Morgan fingerprint density at radius 3 is 2.52 bits per heavy atom. The summed E-state index contributed by atoms with van der Waals surface area (Å²) in [6, 6.07) is 2.30. The molecule has 1 aliphatic heterocycles. The first kappa shape index (κ1) is 18.6. The topological polar surface area (TPSA) is 67.2 Å². The van der Waals surface area contributed by atoms with Crippen LogP contribution in [-0.2, 0) is 10.0 Å². The van der Waals surface area contributed by atoms with Gasteiger partial charge in [-0.15, -0.1) is 0 Å². The molecule has 1 aliphatic rings. The largest absolute Gasteiger partial charge is 0.295 e. The highest BCUT2D eigenvalue weighted by molar-refractivity contribution is 7.89. The van der Waals surface area contributed by atoms with Crippen molar-refractivity contribution in [3.63, 3.8) is 0 Å². The van der Waals surface area contributed by atoms with Gasteiger partial charge in [0.1, 0.15) is 4.90 Å². The van der Waals surface area contributed by atoms with Crippen LogP contribution in [0.25, 0.3) is 0 Å². The molecule has 0 spiro atoms. The van der Waals surface area contributed by atoms with Crippen molar-refractivity contribution in [2.75, 3.05) is 19.6 Å². The van der Waals surface area contributed by atoms with Crippen LogP contribution in [0.3, 0.4) is 0 Å². The van der Waals surface area contributed by atoms with Crippen molar-refractivity contribution in [1.82, 2.24) is 19.4 Å². The van der Waals surface area contributed by atoms with Crippen LogP contribution in [0.2, 0.25) is 0 Å². The van der Waals surface area contributed by atoms with Gasteiger partial charge >= 0.3 is 0 Å². The molecule has 0 aliphatic carbocycles. The number of nitrogens with one attached hydrogen (secondary N) is 1. The molecule has 8 heteroatoms. The zero-order valence-electron chi connectivity index (χ0n) is 15.2. The molecule has 1 unspecified atom stereocenters. The number of likely N-dealkylation sites (tertiary alicyclic amines) is 1. The summed E-state index contributed by atoms with van der Waals surface area (Å²) in [5.74, 6) is 0. The molecular weight excluding hydrogens is 356 g/mol. The van der Waals surface area contributed by atoms with Gasteiger partial charge in [0, 0.05) is 31.7 Å². The number of hydrogen-bond acceptors (Lipinski definition) is 5. The Hall–Kier alpha value is -1.22. The minimum atomic E-state index is -3.59. The number of thiophene rings is 1. The third kappa shape index (κ3) is 3.67. The Bertz CT molecular complexity index is 821. The van der Waals surface area contributed by atoms with Crippen LogP contribution in [0.1, 0.15) is 49.3 Å². The number of hydrogen-bond donors (Lipinski definition) is 1. The second-order valence-corrected chi connectivity index (χ2v) is 9.34. The molecule has 2 aromatic heterocycles. The van der Waals surface area contributed by atoms with E-state index in [9.17, 15) is 8.42 Å². The highest BCUT2D eigenvalue weighted by atomic mass is 32.2.